The van der Waals surface area contributed by atoms with Crippen molar-refractivity contribution in [3.8, 4) is 6.07 Å². The van der Waals surface area contributed by atoms with Gasteiger partial charge in [-0.25, -0.2) is 9.50 Å². The molecule has 0 radical (unpaired) electrons. The van der Waals surface area contributed by atoms with Crippen molar-refractivity contribution in [3.05, 3.63) is 33.4 Å². The van der Waals surface area contributed by atoms with Crippen LogP contribution in [0, 0.1) is 11.3 Å². The predicted molar refractivity (Wildman–Crippen MR) is 63.9 cm³/mol. The first kappa shape index (κ1) is 11.4. The van der Waals surface area contributed by atoms with Crippen molar-refractivity contribution in [2.45, 2.75) is 33.1 Å². The topological polar surface area (TPSA) is 73.9 Å². The van der Waals surface area contributed by atoms with Gasteiger partial charge in [-0.1, -0.05) is 20.3 Å². The zero-order valence-corrected chi connectivity index (χ0v) is 9.95. The minimum atomic E-state index is -0.0950. The molecular formula is C12H14N4O. The minimum Gasteiger partial charge on any atom is -0.295 e. The van der Waals surface area contributed by atoms with Crippen molar-refractivity contribution < 1.29 is 0 Å². The maximum absolute atomic E-state index is 12.2. The molecule has 5 heteroatoms. The van der Waals surface area contributed by atoms with Crippen molar-refractivity contribution in [3.63, 3.8) is 0 Å². The van der Waals surface area contributed by atoms with Gasteiger partial charge in [0.05, 0.1) is 5.69 Å². The molecule has 0 unspecified atom stereocenters. The molecule has 2 heterocycles. The molecule has 0 aromatic carbocycles. The number of hydrogen-bond acceptors (Lipinski definition) is 3. The summed E-state index contributed by atoms with van der Waals surface area (Å²) >= 11 is 0. The van der Waals surface area contributed by atoms with E-state index in [4.69, 9.17) is 5.26 Å². The molecule has 0 atom stereocenters. The molecule has 17 heavy (non-hydrogen) atoms. The molecule has 5 nitrogen and oxygen atoms in total. The van der Waals surface area contributed by atoms with Gasteiger partial charge in [0.1, 0.15) is 11.6 Å². The van der Waals surface area contributed by atoms with Gasteiger partial charge >= 0.3 is 0 Å². The normalized spacial score (nSPS) is 10.6. The van der Waals surface area contributed by atoms with E-state index in [1.54, 1.807) is 0 Å². The van der Waals surface area contributed by atoms with Crippen LogP contribution in [0.5, 0.6) is 0 Å². The van der Waals surface area contributed by atoms with Gasteiger partial charge in [0.2, 0.25) is 0 Å². The number of aryl methyl sites for hydroxylation is 1. The SMILES string of the molecule is CCCc1nc2c(C#N)c[nH]n2c(=O)c1CC. The van der Waals surface area contributed by atoms with Crippen LogP contribution in [-0.2, 0) is 12.8 Å². The number of hydrogen-bond donors (Lipinski definition) is 1. The quantitative estimate of drug-likeness (QED) is 0.866. The summed E-state index contributed by atoms with van der Waals surface area (Å²) in [5.41, 5.74) is 2.29. The van der Waals surface area contributed by atoms with Gasteiger partial charge in [0, 0.05) is 11.8 Å². The first-order valence-corrected chi connectivity index (χ1v) is 5.74. The van der Waals surface area contributed by atoms with Gasteiger partial charge in [-0.15, -0.1) is 0 Å². The molecule has 0 aliphatic carbocycles. The second-order valence-electron chi connectivity index (χ2n) is 3.90. The zero-order valence-electron chi connectivity index (χ0n) is 9.95. The molecule has 2 rings (SSSR count). The van der Waals surface area contributed by atoms with Gasteiger partial charge in [-0.3, -0.25) is 9.89 Å². The number of H-pyrrole nitrogens is 1. The fraction of sp³-hybridized carbons (Fsp3) is 0.417. The molecule has 0 amide bonds. The van der Waals surface area contributed by atoms with Crippen LogP contribution in [0.1, 0.15) is 37.1 Å². The highest BCUT2D eigenvalue weighted by Gasteiger charge is 2.13. The van der Waals surface area contributed by atoms with Crippen LogP contribution in [0.15, 0.2) is 11.0 Å². The van der Waals surface area contributed by atoms with E-state index < -0.39 is 0 Å². The van der Waals surface area contributed by atoms with E-state index in [9.17, 15) is 4.79 Å². The third-order valence-corrected chi connectivity index (χ3v) is 2.80. The maximum Gasteiger partial charge on any atom is 0.276 e. The minimum absolute atomic E-state index is 0.0950. The molecule has 0 spiro atoms. The first-order chi connectivity index (χ1) is 8.22. The molecule has 2 aromatic heterocycles. The van der Waals surface area contributed by atoms with Crippen molar-refractivity contribution >= 4 is 5.65 Å². The van der Waals surface area contributed by atoms with E-state index in [0.29, 0.717) is 17.6 Å². The van der Waals surface area contributed by atoms with Crippen LogP contribution in [0.25, 0.3) is 5.65 Å². The lowest BCUT2D eigenvalue weighted by Gasteiger charge is -2.05. The van der Waals surface area contributed by atoms with Crippen LogP contribution in [-0.4, -0.2) is 14.6 Å². The maximum atomic E-state index is 12.2. The lowest BCUT2D eigenvalue weighted by atomic mass is 10.1. The average molecular weight is 230 g/mol. The van der Waals surface area contributed by atoms with Gasteiger partial charge < -0.3 is 0 Å². The summed E-state index contributed by atoms with van der Waals surface area (Å²) in [7, 11) is 0. The molecule has 0 aliphatic heterocycles. The largest absolute Gasteiger partial charge is 0.295 e. The van der Waals surface area contributed by atoms with E-state index in [2.05, 4.69) is 10.1 Å². The Morgan fingerprint density at radius 1 is 1.53 bits per heavy atom. The predicted octanol–water partition coefficient (Wildman–Crippen LogP) is 1.41. The summed E-state index contributed by atoms with van der Waals surface area (Å²) in [5.74, 6) is 0. The number of aromatic nitrogens is 3. The third kappa shape index (κ3) is 1.72. The van der Waals surface area contributed by atoms with E-state index in [1.165, 1.54) is 10.7 Å². The van der Waals surface area contributed by atoms with E-state index >= 15 is 0 Å². The summed E-state index contributed by atoms with van der Waals surface area (Å²) in [6, 6.07) is 2.03. The number of nitriles is 1. The molecule has 0 saturated heterocycles. The number of aromatic amines is 1. The van der Waals surface area contributed by atoms with E-state index in [1.807, 2.05) is 19.9 Å². The van der Waals surface area contributed by atoms with Gasteiger partial charge in [-0.2, -0.15) is 5.26 Å². The monoisotopic (exact) mass is 230 g/mol. The van der Waals surface area contributed by atoms with Crippen LogP contribution in [0.2, 0.25) is 0 Å². The number of fused-ring (bicyclic) bond motifs is 1. The second-order valence-corrected chi connectivity index (χ2v) is 3.90. The van der Waals surface area contributed by atoms with E-state index in [0.717, 1.165) is 24.1 Å². The van der Waals surface area contributed by atoms with Crippen LogP contribution >= 0.6 is 0 Å². The Bertz CT molecular complexity index is 645. The second kappa shape index (κ2) is 4.42. The van der Waals surface area contributed by atoms with Crippen molar-refractivity contribution in [2.24, 2.45) is 0 Å². The summed E-state index contributed by atoms with van der Waals surface area (Å²) in [6.07, 6.45) is 3.87. The number of nitrogens with zero attached hydrogens (tertiary/aromatic N) is 3. The molecule has 0 saturated carbocycles. The summed E-state index contributed by atoms with van der Waals surface area (Å²) in [5, 5.41) is 11.7. The number of nitrogens with one attached hydrogen (secondary N) is 1. The Hall–Kier alpha value is -2.09. The van der Waals surface area contributed by atoms with Crippen molar-refractivity contribution in [1.29, 1.82) is 5.26 Å². The van der Waals surface area contributed by atoms with Crippen molar-refractivity contribution in [1.82, 2.24) is 14.6 Å². The summed E-state index contributed by atoms with van der Waals surface area (Å²) < 4.78 is 1.34. The van der Waals surface area contributed by atoms with Crippen LogP contribution in [0.3, 0.4) is 0 Å². The lowest BCUT2D eigenvalue weighted by Crippen LogP contribution is -2.22. The molecule has 1 N–H and O–H groups in total. The Balaban J connectivity index is 2.81. The lowest BCUT2D eigenvalue weighted by molar-refractivity contribution is 0.804. The fourth-order valence-corrected chi connectivity index (χ4v) is 1.98. The molecule has 2 aromatic rings. The van der Waals surface area contributed by atoms with Gasteiger partial charge in [0.15, 0.2) is 5.65 Å². The summed E-state index contributed by atoms with van der Waals surface area (Å²) in [6.45, 7) is 3.99. The fourth-order valence-electron chi connectivity index (χ4n) is 1.98. The first-order valence-electron chi connectivity index (χ1n) is 5.74. The zero-order chi connectivity index (χ0) is 12.4. The average Bonchev–Trinajstić information content (AvgIpc) is 2.73. The molecule has 0 fully saturated rings. The molecule has 0 bridgehead atoms. The molecule has 0 aliphatic rings. The Morgan fingerprint density at radius 3 is 2.88 bits per heavy atom. The van der Waals surface area contributed by atoms with Gasteiger partial charge in [0.25, 0.3) is 5.56 Å². The highest BCUT2D eigenvalue weighted by molar-refractivity contribution is 5.54. The Morgan fingerprint density at radius 2 is 2.29 bits per heavy atom. The highest BCUT2D eigenvalue weighted by Crippen LogP contribution is 2.10. The Kier molecular flexibility index (Phi) is 2.96. The van der Waals surface area contributed by atoms with Crippen LogP contribution < -0.4 is 5.56 Å². The molecule has 88 valence electrons. The van der Waals surface area contributed by atoms with Crippen LogP contribution in [0.4, 0.5) is 0 Å². The van der Waals surface area contributed by atoms with Crippen molar-refractivity contribution in [2.75, 3.05) is 0 Å². The Labute approximate surface area is 98.7 Å². The third-order valence-electron chi connectivity index (χ3n) is 2.80. The van der Waals surface area contributed by atoms with Gasteiger partial charge in [-0.05, 0) is 12.8 Å². The number of rotatable bonds is 3. The van der Waals surface area contributed by atoms with E-state index in [-0.39, 0.29) is 5.56 Å². The summed E-state index contributed by atoms with van der Waals surface area (Å²) in [4.78, 5) is 16.6. The smallest absolute Gasteiger partial charge is 0.276 e. The standard InChI is InChI=1S/C12H14N4O/c1-3-5-10-9(4-2)12(17)16-11(15-10)8(6-13)7-14-16/h7,14H,3-5H2,1-2H3. The molecular weight excluding hydrogens is 216 g/mol. The highest BCUT2D eigenvalue weighted by atomic mass is 16.1.